The highest BCUT2D eigenvalue weighted by atomic mass is 16.7. The zero-order chi connectivity index (χ0) is 27.0. The highest BCUT2D eigenvalue weighted by molar-refractivity contribution is 5.85. The molecule has 3 N–H and O–H groups in total. The third-order valence-corrected chi connectivity index (χ3v) is 12.2. The smallest absolute Gasteiger partial charge is 0.331 e. The fourth-order valence-corrected chi connectivity index (χ4v) is 10.1. The van der Waals surface area contributed by atoms with Gasteiger partial charge in [0, 0.05) is 25.0 Å². The Morgan fingerprint density at radius 3 is 2.58 bits per heavy atom. The fraction of sp³-hybridized carbons (Fsp3) is 0.900. The molecule has 13 atom stereocenters. The molecule has 6 rings (SSSR count). The van der Waals surface area contributed by atoms with E-state index in [1.54, 1.807) is 13.2 Å². The Bertz CT molecular complexity index is 968. The first-order chi connectivity index (χ1) is 18.0. The van der Waals surface area contributed by atoms with Gasteiger partial charge in [-0.15, -0.1) is 0 Å². The Balaban J connectivity index is 1.18. The Morgan fingerprint density at radius 1 is 1.08 bits per heavy atom. The van der Waals surface area contributed by atoms with Crippen LogP contribution < -0.4 is 0 Å². The van der Waals surface area contributed by atoms with E-state index in [1.165, 1.54) is 0 Å². The van der Waals surface area contributed by atoms with Crippen LogP contribution in [0.5, 0.6) is 0 Å². The van der Waals surface area contributed by atoms with E-state index in [9.17, 15) is 20.1 Å². The predicted molar refractivity (Wildman–Crippen MR) is 138 cm³/mol. The molecule has 38 heavy (non-hydrogen) atoms. The van der Waals surface area contributed by atoms with Gasteiger partial charge < -0.3 is 34.3 Å². The molecular formula is C30H46O8. The fourth-order valence-electron chi connectivity index (χ4n) is 10.1. The summed E-state index contributed by atoms with van der Waals surface area (Å²) in [4.78, 5) is 11.8. The highest BCUT2D eigenvalue weighted by Crippen LogP contribution is 2.70. The van der Waals surface area contributed by atoms with E-state index in [0.717, 1.165) is 44.1 Å². The molecule has 2 heterocycles. The van der Waals surface area contributed by atoms with Gasteiger partial charge in [-0.25, -0.2) is 4.79 Å². The number of esters is 1. The van der Waals surface area contributed by atoms with Gasteiger partial charge in [0.25, 0.3) is 0 Å². The molecular weight excluding hydrogens is 488 g/mol. The van der Waals surface area contributed by atoms with Crippen LogP contribution >= 0.6 is 0 Å². The molecule has 0 aromatic heterocycles. The minimum Gasteiger partial charge on any atom is -0.458 e. The molecule has 0 aromatic carbocycles. The van der Waals surface area contributed by atoms with Gasteiger partial charge in [0.2, 0.25) is 0 Å². The van der Waals surface area contributed by atoms with Crippen molar-refractivity contribution in [2.24, 2.45) is 34.5 Å². The molecule has 0 spiro atoms. The Kier molecular flexibility index (Phi) is 6.80. The second-order valence-corrected chi connectivity index (χ2v) is 13.7. The van der Waals surface area contributed by atoms with E-state index in [0.29, 0.717) is 31.8 Å². The molecule has 1 saturated heterocycles. The first kappa shape index (κ1) is 27.2. The summed E-state index contributed by atoms with van der Waals surface area (Å²) < 4.78 is 23.1. The SMILES string of the molecule is CO[C@H]1C[C@H](O[C@H]2CC[C@@]3(C)[C@H](CC[C@@H]4[C@@H]3[C@H](O)C[C@]3(C)[C@H](C5=CC(=O)OC5)CC[C@]43O)C2)O[C@@H](C)[C@@H]1O. The van der Waals surface area contributed by atoms with Gasteiger partial charge in [0.05, 0.1) is 30.0 Å². The van der Waals surface area contributed by atoms with Crippen molar-refractivity contribution in [1.82, 2.24) is 0 Å². The summed E-state index contributed by atoms with van der Waals surface area (Å²) in [5.41, 5.74) is -0.389. The predicted octanol–water partition coefficient (Wildman–Crippen LogP) is 3.11. The number of ether oxygens (including phenoxy) is 4. The van der Waals surface area contributed by atoms with E-state index in [1.807, 2.05) is 6.92 Å². The largest absolute Gasteiger partial charge is 0.458 e. The van der Waals surface area contributed by atoms with Crippen molar-refractivity contribution in [1.29, 1.82) is 0 Å². The van der Waals surface area contributed by atoms with Gasteiger partial charge in [0.15, 0.2) is 6.29 Å². The van der Waals surface area contributed by atoms with Crippen LogP contribution in [0.15, 0.2) is 11.6 Å². The van der Waals surface area contributed by atoms with Gasteiger partial charge in [-0.3, -0.25) is 0 Å². The number of fused-ring (bicyclic) bond motifs is 5. The first-order valence-corrected chi connectivity index (χ1v) is 14.8. The molecule has 0 aromatic rings. The zero-order valence-corrected chi connectivity index (χ0v) is 23.3. The lowest BCUT2D eigenvalue weighted by atomic mass is 9.42. The van der Waals surface area contributed by atoms with Crippen molar-refractivity contribution in [2.75, 3.05) is 13.7 Å². The lowest BCUT2D eigenvalue weighted by Crippen LogP contribution is -2.66. The maximum Gasteiger partial charge on any atom is 0.331 e. The van der Waals surface area contributed by atoms with Crippen LogP contribution in [0.2, 0.25) is 0 Å². The minimum absolute atomic E-state index is 0.0464. The Labute approximate surface area is 226 Å². The maximum absolute atomic E-state index is 12.4. The number of aliphatic hydroxyl groups excluding tert-OH is 2. The maximum atomic E-state index is 12.4. The second kappa shape index (κ2) is 9.52. The molecule has 2 aliphatic heterocycles. The number of carbonyl (C=O) groups excluding carboxylic acids is 1. The van der Waals surface area contributed by atoms with E-state index >= 15 is 0 Å². The molecule has 6 aliphatic rings. The average Bonchev–Trinajstić information content (AvgIpc) is 3.41. The first-order valence-electron chi connectivity index (χ1n) is 14.8. The van der Waals surface area contributed by atoms with E-state index in [4.69, 9.17) is 18.9 Å². The van der Waals surface area contributed by atoms with Crippen LogP contribution in [0.25, 0.3) is 0 Å². The van der Waals surface area contributed by atoms with E-state index in [2.05, 4.69) is 13.8 Å². The molecule has 0 bridgehead atoms. The molecule has 4 aliphatic carbocycles. The van der Waals surface area contributed by atoms with Crippen molar-refractivity contribution in [3.63, 3.8) is 0 Å². The third-order valence-electron chi connectivity index (χ3n) is 12.2. The second-order valence-electron chi connectivity index (χ2n) is 13.7. The van der Waals surface area contributed by atoms with E-state index < -0.39 is 23.2 Å². The number of cyclic esters (lactones) is 1. The van der Waals surface area contributed by atoms with Crippen LogP contribution in [0.4, 0.5) is 0 Å². The highest BCUT2D eigenvalue weighted by Gasteiger charge is 2.70. The van der Waals surface area contributed by atoms with Crippen LogP contribution in [0.1, 0.15) is 78.6 Å². The Hall–Kier alpha value is -1.03. The normalized spacial score (nSPS) is 54.5. The summed E-state index contributed by atoms with van der Waals surface area (Å²) in [6, 6.07) is 0. The molecule has 5 fully saturated rings. The summed E-state index contributed by atoms with van der Waals surface area (Å²) in [7, 11) is 1.62. The zero-order valence-electron chi connectivity index (χ0n) is 23.3. The van der Waals surface area contributed by atoms with Crippen LogP contribution in [0.3, 0.4) is 0 Å². The molecule has 0 unspecified atom stereocenters. The topological polar surface area (TPSA) is 115 Å². The molecule has 4 saturated carbocycles. The summed E-state index contributed by atoms with van der Waals surface area (Å²) in [5, 5.41) is 34.5. The number of carbonyl (C=O) groups is 1. The van der Waals surface area contributed by atoms with Crippen molar-refractivity contribution < 1.29 is 39.1 Å². The lowest BCUT2D eigenvalue weighted by Gasteiger charge is -2.65. The molecule has 8 nitrogen and oxygen atoms in total. The van der Waals surface area contributed by atoms with Crippen LogP contribution in [0, 0.1) is 34.5 Å². The van der Waals surface area contributed by atoms with Crippen molar-refractivity contribution in [2.45, 2.75) is 121 Å². The number of rotatable bonds is 4. The monoisotopic (exact) mass is 534 g/mol. The minimum atomic E-state index is -0.850. The lowest BCUT2D eigenvalue weighted by molar-refractivity contribution is -0.278. The summed E-state index contributed by atoms with van der Waals surface area (Å²) in [5.74, 6) is 0.285. The summed E-state index contributed by atoms with van der Waals surface area (Å²) in [6.45, 7) is 6.65. The van der Waals surface area contributed by atoms with Crippen LogP contribution in [-0.4, -0.2) is 77.4 Å². The number of methoxy groups -OCH3 is 1. The average molecular weight is 535 g/mol. The van der Waals surface area contributed by atoms with Gasteiger partial charge in [-0.1, -0.05) is 13.8 Å². The Morgan fingerprint density at radius 2 is 1.87 bits per heavy atom. The molecule has 8 heteroatoms. The van der Waals surface area contributed by atoms with E-state index in [-0.39, 0.29) is 53.7 Å². The van der Waals surface area contributed by atoms with Gasteiger partial charge in [-0.2, -0.15) is 0 Å². The third kappa shape index (κ3) is 3.96. The van der Waals surface area contributed by atoms with Gasteiger partial charge >= 0.3 is 5.97 Å². The molecule has 214 valence electrons. The van der Waals surface area contributed by atoms with Crippen molar-refractivity contribution >= 4 is 5.97 Å². The van der Waals surface area contributed by atoms with Crippen molar-refractivity contribution in [3.8, 4) is 0 Å². The van der Waals surface area contributed by atoms with Crippen molar-refractivity contribution in [3.05, 3.63) is 11.6 Å². The van der Waals surface area contributed by atoms with Gasteiger partial charge in [-0.05, 0) is 93.0 Å². The number of hydrogen-bond acceptors (Lipinski definition) is 8. The standard InChI is InChI=1S/C30H46O8/c1-16-27(33)23(35-4)13-25(37-16)38-19-7-9-28(2)18(12-19)5-6-21-26(28)22(31)14-29(3)20(8-10-30(21,29)34)17-11-24(32)36-15-17/h11,16,18-23,25-27,31,33-34H,5-10,12-15H2,1-4H3/t16-,18+,19-,20-,21+,22+,23-,25-,26+,27-,28-,29+,30-/m0/s1. The summed E-state index contributed by atoms with van der Waals surface area (Å²) in [6.07, 6.45) is 6.83. The number of aliphatic hydroxyl groups is 3. The number of hydrogen-bond donors (Lipinski definition) is 3. The van der Waals surface area contributed by atoms with Crippen LogP contribution in [-0.2, 0) is 23.7 Å². The molecule has 0 amide bonds. The quantitative estimate of drug-likeness (QED) is 0.372. The summed E-state index contributed by atoms with van der Waals surface area (Å²) >= 11 is 0. The van der Waals surface area contributed by atoms with Gasteiger partial charge in [0.1, 0.15) is 12.7 Å². The molecule has 0 radical (unpaired) electrons.